The minimum absolute atomic E-state index is 0.0188. The third kappa shape index (κ3) is 4.17. The summed E-state index contributed by atoms with van der Waals surface area (Å²) in [4.78, 5) is 28.6. The van der Waals surface area contributed by atoms with Gasteiger partial charge in [-0.15, -0.1) is 0 Å². The average Bonchev–Trinajstić information content (AvgIpc) is 2.93. The molecular formula is C22H30N4O2. The number of aryl methyl sites for hydroxylation is 2. The van der Waals surface area contributed by atoms with E-state index in [4.69, 9.17) is 0 Å². The first kappa shape index (κ1) is 20.3. The zero-order valence-electron chi connectivity index (χ0n) is 17.5. The molecule has 2 heterocycles. The second kappa shape index (κ2) is 8.27. The summed E-state index contributed by atoms with van der Waals surface area (Å²) in [6.45, 7) is 7.40. The van der Waals surface area contributed by atoms with Gasteiger partial charge in [0, 0.05) is 44.8 Å². The van der Waals surface area contributed by atoms with Crippen LogP contribution in [0, 0.1) is 13.8 Å². The van der Waals surface area contributed by atoms with Crippen LogP contribution in [-0.2, 0) is 24.3 Å². The highest BCUT2D eigenvalue weighted by atomic mass is 16.2. The van der Waals surface area contributed by atoms with Crippen molar-refractivity contribution in [2.45, 2.75) is 52.7 Å². The molecule has 3 rings (SSSR count). The lowest BCUT2D eigenvalue weighted by Crippen LogP contribution is -2.46. The second-order valence-electron chi connectivity index (χ2n) is 7.89. The van der Waals surface area contributed by atoms with Crippen molar-refractivity contribution in [3.05, 3.63) is 52.3 Å². The molecule has 0 bridgehead atoms. The molecule has 0 fully saturated rings. The number of ketones is 1. The maximum Gasteiger partial charge on any atom is 0.224 e. The number of hydrogen-bond donors (Lipinski definition) is 0. The van der Waals surface area contributed by atoms with Crippen molar-refractivity contribution >= 4 is 11.7 Å². The maximum absolute atomic E-state index is 12.7. The fraction of sp³-hybridized carbons (Fsp3) is 0.500. The van der Waals surface area contributed by atoms with E-state index in [1.54, 1.807) is 11.6 Å². The zero-order valence-corrected chi connectivity index (χ0v) is 17.5. The minimum atomic E-state index is 0.0188. The molecule has 2 aromatic rings. The van der Waals surface area contributed by atoms with Gasteiger partial charge in [-0.3, -0.25) is 19.2 Å². The molecule has 0 aliphatic carbocycles. The number of likely N-dealkylation sites (N-methyl/N-ethyl adjacent to an activating group) is 2. The minimum Gasteiger partial charge on any atom is -0.344 e. The van der Waals surface area contributed by atoms with E-state index in [0.29, 0.717) is 31.1 Å². The smallest absolute Gasteiger partial charge is 0.224 e. The number of hydrogen-bond acceptors (Lipinski definition) is 4. The maximum atomic E-state index is 12.7. The third-order valence-electron chi connectivity index (χ3n) is 5.80. The summed E-state index contributed by atoms with van der Waals surface area (Å²) in [5.74, 6) is 0.120. The highest BCUT2D eigenvalue weighted by molar-refractivity contribution is 5.96. The second-order valence-corrected chi connectivity index (χ2v) is 7.89. The van der Waals surface area contributed by atoms with Gasteiger partial charge in [0.15, 0.2) is 5.78 Å². The molecule has 1 aromatic heterocycles. The van der Waals surface area contributed by atoms with Crippen molar-refractivity contribution < 1.29 is 9.59 Å². The van der Waals surface area contributed by atoms with Gasteiger partial charge in [0.25, 0.3) is 0 Å². The highest BCUT2D eigenvalue weighted by Crippen LogP contribution is 2.22. The van der Waals surface area contributed by atoms with Gasteiger partial charge in [-0.05, 0) is 45.4 Å². The molecule has 1 amide bonds. The Labute approximate surface area is 167 Å². The van der Waals surface area contributed by atoms with Crippen LogP contribution in [0.3, 0.4) is 0 Å². The molecule has 1 aliphatic heterocycles. The van der Waals surface area contributed by atoms with Gasteiger partial charge in [-0.1, -0.05) is 24.3 Å². The first-order valence-electron chi connectivity index (χ1n) is 9.83. The van der Waals surface area contributed by atoms with Crippen LogP contribution in [-0.4, -0.2) is 58.0 Å². The lowest BCUT2D eigenvalue weighted by atomic mass is 9.94. The van der Waals surface area contributed by atoms with Gasteiger partial charge in [-0.2, -0.15) is 5.10 Å². The van der Waals surface area contributed by atoms with E-state index >= 15 is 0 Å². The summed E-state index contributed by atoms with van der Waals surface area (Å²) in [6, 6.07) is 8.86. The molecule has 0 N–H and O–H groups in total. The third-order valence-corrected chi connectivity index (χ3v) is 5.80. The Balaban J connectivity index is 1.58. The van der Waals surface area contributed by atoms with Crippen LogP contribution in [0.1, 0.15) is 46.2 Å². The zero-order chi connectivity index (χ0) is 20.4. The Bertz CT molecular complexity index is 887. The van der Waals surface area contributed by atoms with Gasteiger partial charge in [0.05, 0.1) is 11.3 Å². The summed E-state index contributed by atoms with van der Waals surface area (Å²) in [7, 11) is 4.00. The molecule has 28 heavy (non-hydrogen) atoms. The molecule has 1 aromatic carbocycles. The Morgan fingerprint density at radius 1 is 1.21 bits per heavy atom. The van der Waals surface area contributed by atoms with Crippen molar-refractivity contribution in [1.82, 2.24) is 19.6 Å². The van der Waals surface area contributed by atoms with Gasteiger partial charge in [-0.25, -0.2) is 0 Å². The van der Waals surface area contributed by atoms with Crippen LogP contribution in [0.25, 0.3) is 0 Å². The molecule has 0 spiro atoms. The quantitative estimate of drug-likeness (QED) is 0.721. The lowest BCUT2D eigenvalue weighted by Gasteiger charge is -2.36. The number of Topliss-reactive ketones (excluding diaryl/α,β-unsaturated/α-hetero) is 1. The number of aromatic nitrogens is 2. The van der Waals surface area contributed by atoms with Crippen LogP contribution in [0.4, 0.5) is 0 Å². The van der Waals surface area contributed by atoms with Crippen molar-refractivity contribution in [2.24, 2.45) is 0 Å². The van der Waals surface area contributed by atoms with Crippen LogP contribution >= 0.6 is 0 Å². The van der Waals surface area contributed by atoms with Crippen molar-refractivity contribution in [1.29, 1.82) is 0 Å². The molecule has 0 saturated carbocycles. The summed E-state index contributed by atoms with van der Waals surface area (Å²) in [5.41, 5.74) is 4.99. The van der Waals surface area contributed by atoms with Gasteiger partial charge in [0.2, 0.25) is 5.91 Å². The van der Waals surface area contributed by atoms with E-state index in [-0.39, 0.29) is 11.7 Å². The average molecular weight is 383 g/mol. The molecule has 1 atom stereocenters. The number of nitrogens with zero attached hydrogens (tertiary/aromatic N) is 4. The fourth-order valence-corrected chi connectivity index (χ4v) is 4.16. The summed E-state index contributed by atoms with van der Waals surface area (Å²) < 4.78 is 1.78. The van der Waals surface area contributed by atoms with Gasteiger partial charge in [0.1, 0.15) is 0 Å². The number of carbonyl (C=O) groups is 2. The Morgan fingerprint density at radius 2 is 1.89 bits per heavy atom. The van der Waals surface area contributed by atoms with Gasteiger partial charge >= 0.3 is 0 Å². The van der Waals surface area contributed by atoms with Crippen molar-refractivity contribution in [3.8, 4) is 0 Å². The summed E-state index contributed by atoms with van der Waals surface area (Å²) >= 11 is 0. The Kier molecular flexibility index (Phi) is 5.98. The predicted molar refractivity (Wildman–Crippen MR) is 109 cm³/mol. The highest BCUT2D eigenvalue weighted by Gasteiger charge is 2.25. The lowest BCUT2D eigenvalue weighted by molar-refractivity contribution is -0.131. The van der Waals surface area contributed by atoms with Crippen LogP contribution in [0.2, 0.25) is 0 Å². The van der Waals surface area contributed by atoms with E-state index in [2.05, 4.69) is 41.3 Å². The van der Waals surface area contributed by atoms with E-state index in [1.165, 1.54) is 11.1 Å². The molecule has 1 aliphatic rings. The molecule has 6 heteroatoms. The summed E-state index contributed by atoms with van der Waals surface area (Å²) in [6.07, 6.45) is 1.34. The number of fused-ring (bicyclic) bond motifs is 1. The van der Waals surface area contributed by atoms with E-state index < -0.39 is 0 Å². The SMILES string of the molecule is CC(=O)c1c(C)nn(CCC(=O)N(C)CC2Cc3ccccc3CN2C)c1C. The number of benzene rings is 1. The Hall–Kier alpha value is -2.47. The van der Waals surface area contributed by atoms with Crippen LogP contribution in [0.5, 0.6) is 0 Å². The van der Waals surface area contributed by atoms with Crippen molar-refractivity contribution in [2.75, 3.05) is 20.6 Å². The normalized spacial score (nSPS) is 16.7. The first-order valence-corrected chi connectivity index (χ1v) is 9.83. The molecule has 150 valence electrons. The largest absolute Gasteiger partial charge is 0.344 e. The molecule has 6 nitrogen and oxygen atoms in total. The van der Waals surface area contributed by atoms with Crippen molar-refractivity contribution in [3.63, 3.8) is 0 Å². The van der Waals surface area contributed by atoms with Crippen LogP contribution < -0.4 is 0 Å². The number of carbonyl (C=O) groups excluding carboxylic acids is 2. The van der Waals surface area contributed by atoms with E-state index in [9.17, 15) is 9.59 Å². The van der Waals surface area contributed by atoms with E-state index in [1.807, 2.05) is 25.8 Å². The molecule has 0 radical (unpaired) electrons. The topological polar surface area (TPSA) is 58.4 Å². The standard InChI is InChI=1S/C22H30N4O2/c1-15-22(17(3)27)16(2)26(23-15)11-10-21(28)25(5)14-20-12-18-8-6-7-9-19(18)13-24(20)4/h6-9,20H,10-14H2,1-5H3. The Morgan fingerprint density at radius 3 is 2.54 bits per heavy atom. The first-order chi connectivity index (χ1) is 13.3. The number of amides is 1. The fourth-order valence-electron chi connectivity index (χ4n) is 4.16. The molecular weight excluding hydrogens is 352 g/mol. The van der Waals surface area contributed by atoms with Gasteiger partial charge < -0.3 is 4.90 Å². The monoisotopic (exact) mass is 382 g/mol. The van der Waals surface area contributed by atoms with E-state index in [0.717, 1.165) is 24.4 Å². The number of rotatable bonds is 6. The molecule has 0 saturated heterocycles. The van der Waals surface area contributed by atoms with Crippen LogP contribution in [0.15, 0.2) is 24.3 Å². The predicted octanol–water partition coefficient (Wildman–Crippen LogP) is 2.61. The summed E-state index contributed by atoms with van der Waals surface area (Å²) in [5, 5.41) is 4.43. The molecule has 1 unspecified atom stereocenters.